The van der Waals surface area contributed by atoms with Crippen molar-refractivity contribution in [2.45, 2.75) is 12.6 Å². The fraction of sp³-hybridized carbons (Fsp3) is 0.250. The number of aromatic nitrogens is 3. The molecule has 0 bridgehead atoms. The Hall–Kier alpha value is -2.60. The number of rotatable bonds is 1. The average molecular weight is 295 g/mol. The summed E-state index contributed by atoms with van der Waals surface area (Å²) in [6.45, 7) is 0.483. The fourth-order valence-corrected chi connectivity index (χ4v) is 3.20. The lowest BCUT2D eigenvalue weighted by Crippen LogP contribution is -2.42. The molecule has 0 radical (unpaired) electrons. The maximum absolute atomic E-state index is 12.3. The van der Waals surface area contributed by atoms with Crippen LogP contribution in [0.3, 0.4) is 0 Å². The maximum Gasteiger partial charge on any atom is 0.245 e. The number of para-hydroxylation sites is 1. The Morgan fingerprint density at radius 1 is 1.27 bits per heavy atom. The molecule has 0 spiro atoms. The number of amides is 1. The number of likely N-dealkylation sites (N-methyl/N-ethyl adjacent to an activating group) is 1. The zero-order chi connectivity index (χ0) is 15.4. The van der Waals surface area contributed by atoms with Crippen molar-refractivity contribution in [3.8, 4) is 11.1 Å². The quantitative estimate of drug-likeness (QED) is 0.736. The number of benzene rings is 1. The maximum atomic E-state index is 12.3. The lowest BCUT2D eigenvalue weighted by Gasteiger charge is -2.18. The number of hydrogen-bond donors (Lipinski definition) is 1. The summed E-state index contributed by atoms with van der Waals surface area (Å²) < 4.78 is 3.87. The minimum absolute atomic E-state index is 0.0564. The Balaban J connectivity index is 2.03. The normalized spacial score (nSPS) is 18.0. The number of carbonyl (C=O) groups excluding carboxylic acids is 1. The van der Waals surface area contributed by atoms with Crippen molar-refractivity contribution in [1.29, 1.82) is 0 Å². The molecule has 4 rings (SSSR count). The molecular weight excluding hydrogens is 278 g/mol. The minimum Gasteiger partial charge on any atom is -0.343 e. The van der Waals surface area contributed by atoms with Gasteiger partial charge in [0.05, 0.1) is 17.4 Å². The van der Waals surface area contributed by atoms with Crippen LogP contribution in [0.2, 0.25) is 0 Å². The Morgan fingerprint density at radius 2 is 2.09 bits per heavy atom. The molecule has 1 aromatic carbocycles. The fourth-order valence-electron chi connectivity index (χ4n) is 3.20. The van der Waals surface area contributed by atoms with E-state index in [-0.39, 0.29) is 5.91 Å². The summed E-state index contributed by atoms with van der Waals surface area (Å²) >= 11 is 0. The van der Waals surface area contributed by atoms with Crippen LogP contribution in [0.1, 0.15) is 0 Å². The molecule has 1 amide bonds. The van der Waals surface area contributed by atoms with Gasteiger partial charge in [-0.2, -0.15) is 5.10 Å². The molecular formula is C16H17N5O. The standard InChI is InChI=1S/C16H17N5O/c1-19-7-10(6-18-19)12-8-21-9-13(17)16(22)20(2)14-5-3-4-11(12)15(14)21/h3-8,13H,9,17H2,1-2H3. The van der Waals surface area contributed by atoms with Crippen molar-refractivity contribution >= 4 is 22.5 Å². The largest absolute Gasteiger partial charge is 0.343 e. The van der Waals surface area contributed by atoms with Crippen LogP contribution in [-0.2, 0) is 18.4 Å². The molecule has 1 aliphatic rings. The topological polar surface area (TPSA) is 69.1 Å². The van der Waals surface area contributed by atoms with Gasteiger partial charge in [0.2, 0.25) is 5.91 Å². The number of aryl methyl sites for hydroxylation is 1. The van der Waals surface area contributed by atoms with E-state index in [1.54, 1.807) is 16.6 Å². The molecule has 0 saturated heterocycles. The molecule has 2 aromatic heterocycles. The van der Waals surface area contributed by atoms with Crippen LogP contribution in [0.5, 0.6) is 0 Å². The van der Waals surface area contributed by atoms with Gasteiger partial charge in [0.1, 0.15) is 6.04 Å². The molecule has 0 fully saturated rings. The number of anilines is 1. The van der Waals surface area contributed by atoms with Gasteiger partial charge in [-0.15, -0.1) is 0 Å². The zero-order valence-electron chi connectivity index (χ0n) is 12.5. The smallest absolute Gasteiger partial charge is 0.245 e. The van der Waals surface area contributed by atoms with Crippen molar-refractivity contribution in [1.82, 2.24) is 14.3 Å². The van der Waals surface area contributed by atoms with Gasteiger partial charge in [-0.05, 0) is 6.07 Å². The van der Waals surface area contributed by atoms with Crippen molar-refractivity contribution < 1.29 is 4.79 Å². The van der Waals surface area contributed by atoms with Crippen LogP contribution in [0.25, 0.3) is 22.0 Å². The first-order valence-electron chi connectivity index (χ1n) is 7.20. The van der Waals surface area contributed by atoms with Gasteiger partial charge in [-0.3, -0.25) is 9.48 Å². The third-order valence-corrected chi connectivity index (χ3v) is 4.30. The van der Waals surface area contributed by atoms with Crippen molar-refractivity contribution in [3.05, 3.63) is 36.8 Å². The van der Waals surface area contributed by atoms with E-state index < -0.39 is 6.04 Å². The van der Waals surface area contributed by atoms with Gasteiger partial charge >= 0.3 is 0 Å². The summed E-state index contributed by atoms with van der Waals surface area (Å²) in [5.41, 5.74) is 10.2. The summed E-state index contributed by atoms with van der Waals surface area (Å²) in [6.07, 6.45) is 5.91. The highest BCUT2D eigenvalue weighted by Gasteiger charge is 2.27. The molecule has 1 unspecified atom stereocenters. The van der Waals surface area contributed by atoms with Crippen LogP contribution in [0, 0.1) is 0 Å². The Bertz CT molecular complexity index is 891. The molecule has 1 aliphatic heterocycles. The van der Waals surface area contributed by atoms with Gasteiger partial charge in [0.15, 0.2) is 0 Å². The van der Waals surface area contributed by atoms with Gasteiger partial charge in [0, 0.05) is 49.5 Å². The lowest BCUT2D eigenvalue weighted by molar-refractivity contribution is -0.119. The zero-order valence-corrected chi connectivity index (χ0v) is 12.5. The molecule has 0 saturated carbocycles. The molecule has 2 N–H and O–H groups in total. The molecule has 3 heterocycles. The monoisotopic (exact) mass is 295 g/mol. The third-order valence-electron chi connectivity index (χ3n) is 4.30. The highest BCUT2D eigenvalue weighted by atomic mass is 16.2. The van der Waals surface area contributed by atoms with Gasteiger partial charge in [-0.1, -0.05) is 12.1 Å². The molecule has 112 valence electrons. The van der Waals surface area contributed by atoms with E-state index in [4.69, 9.17) is 5.73 Å². The summed E-state index contributed by atoms with van der Waals surface area (Å²) in [4.78, 5) is 13.9. The van der Waals surface area contributed by atoms with Gasteiger partial charge < -0.3 is 15.2 Å². The predicted molar refractivity (Wildman–Crippen MR) is 85.5 cm³/mol. The summed E-state index contributed by atoms with van der Waals surface area (Å²) in [5.74, 6) is -0.0564. The Morgan fingerprint density at radius 3 is 2.82 bits per heavy atom. The first kappa shape index (κ1) is 13.1. The van der Waals surface area contributed by atoms with Crippen molar-refractivity contribution in [2.75, 3.05) is 11.9 Å². The SMILES string of the molecule is CN1C(=O)C(N)Cn2cc(-c3cnn(C)c3)c3cccc1c32. The molecule has 6 nitrogen and oxygen atoms in total. The first-order chi connectivity index (χ1) is 10.6. The second-order valence-electron chi connectivity index (χ2n) is 5.77. The van der Waals surface area contributed by atoms with E-state index >= 15 is 0 Å². The van der Waals surface area contributed by atoms with Gasteiger partial charge in [0.25, 0.3) is 0 Å². The molecule has 3 aromatic rings. The number of nitrogens with two attached hydrogens (primary N) is 1. The summed E-state index contributed by atoms with van der Waals surface area (Å²) in [6, 6.07) is 5.48. The molecule has 22 heavy (non-hydrogen) atoms. The third kappa shape index (κ3) is 1.70. The molecule has 6 heteroatoms. The summed E-state index contributed by atoms with van der Waals surface area (Å²) in [7, 11) is 3.68. The van der Waals surface area contributed by atoms with E-state index in [1.165, 1.54) is 0 Å². The van der Waals surface area contributed by atoms with Crippen LogP contribution in [0.15, 0.2) is 36.8 Å². The second kappa shape index (κ2) is 4.45. The van der Waals surface area contributed by atoms with Gasteiger partial charge in [-0.25, -0.2) is 0 Å². The van der Waals surface area contributed by atoms with E-state index in [0.29, 0.717) is 6.54 Å². The molecule has 1 atom stereocenters. The van der Waals surface area contributed by atoms with E-state index in [1.807, 2.05) is 31.6 Å². The van der Waals surface area contributed by atoms with Crippen molar-refractivity contribution in [2.24, 2.45) is 12.8 Å². The lowest BCUT2D eigenvalue weighted by atomic mass is 10.1. The Kier molecular flexibility index (Phi) is 2.65. The highest BCUT2D eigenvalue weighted by molar-refractivity contribution is 6.09. The van der Waals surface area contributed by atoms with E-state index in [2.05, 4.69) is 21.9 Å². The highest BCUT2D eigenvalue weighted by Crippen LogP contribution is 2.37. The van der Waals surface area contributed by atoms with E-state index in [9.17, 15) is 4.79 Å². The van der Waals surface area contributed by atoms with Crippen LogP contribution >= 0.6 is 0 Å². The second-order valence-corrected chi connectivity index (χ2v) is 5.77. The first-order valence-corrected chi connectivity index (χ1v) is 7.20. The number of nitrogens with zero attached hydrogens (tertiary/aromatic N) is 4. The average Bonchev–Trinajstić information content (AvgIpc) is 3.07. The molecule has 0 aliphatic carbocycles. The predicted octanol–water partition coefficient (Wildman–Crippen LogP) is 1.35. The minimum atomic E-state index is -0.533. The number of carbonyl (C=O) groups is 1. The van der Waals surface area contributed by atoms with Crippen LogP contribution in [-0.4, -0.2) is 33.3 Å². The Labute approximate surface area is 127 Å². The van der Waals surface area contributed by atoms with Crippen molar-refractivity contribution in [3.63, 3.8) is 0 Å². The number of hydrogen-bond acceptors (Lipinski definition) is 3. The van der Waals surface area contributed by atoms with Crippen LogP contribution in [0.4, 0.5) is 5.69 Å². The van der Waals surface area contributed by atoms with Crippen LogP contribution < -0.4 is 10.6 Å². The summed E-state index contributed by atoms with van der Waals surface area (Å²) in [5, 5.41) is 5.36. The van der Waals surface area contributed by atoms with E-state index in [0.717, 1.165) is 27.7 Å².